The number of pyridine rings is 1. The summed E-state index contributed by atoms with van der Waals surface area (Å²) in [5.74, 6) is 0.547. The fraction of sp³-hybridized carbons (Fsp3) is 0.0526. The average molecular weight is 328 g/mol. The largest absolute Gasteiger partial charge is 0.438 e. The Kier molecular flexibility index (Phi) is 4.28. The molecule has 0 N–H and O–H groups in total. The molecule has 0 saturated heterocycles. The number of rotatable bonds is 3. The van der Waals surface area contributed by atoms with Gasteiger partial charge in [0.15, 0.2) is 0 Å². The summed E-state index contributed by atoms with van der Waals surface area (Å²) in [5, 5.41) is 18.0. The minimum atomic E-state index is -0.421. The zero-order valence-electron chi connectivity index (χ0n) is 13.3. The van der Waals surface area contributed by atoms with Crippen LogP contribution in [0.15, 0.2) is 59.0 Å². The van der Waals surface area contributed by atoms with Gasteiger partial charge in [0, 0.05) is 6.20 Å². The van der Waals surface area contributed by atoms with E-state index in [1.54, 1.807) is 48.7 Å². The highest BCUT2D eigenvalue weighted by Gasteiger charge is 2.14. The van der Waals surface area contributed by atoms with Gasteiger partial charge in [-0.1, -0.05) is 23.8 Å². The Morgan fingerprint density at radius 3 is 2.56 bits per heavy atom. The highest BCUT2D eigenvalue weighted by atomic mass is 16.5. The van der Waals surface area contributed by atoms with E-state index in [-0.39, 0.29) is 17.0 Å². The van der Waals surface area contributed by atoms with Crippen LogP contribution in [0.3, 0.4) is 0 Å². The normalized spacial score (nSPS) is 9.88. The summed E-state index contributed by atoms with van der Waals surface area (Å²) in [5.41, 5.74) is 0.888. The molecule has 0 bridgehead atoms. The maximum atomic E-state index is 12.7. The van der Waals surface area contributed by atoms with Gasteiger partial charge in [0.1, 0.15) is 34.7 Å². The summed E-state index contributed by atoms with van der Waals surface area (Å²) in [6.07, 6.45) is 2.76. The summed E-state index contributed by atoms with van der Waals surface area (Å²) in [4.78, 5) is 17.1. The van der Waals surface area contributed by atoms with E-state index in [1.165, 1.54) is 10.5 Å². The monoisotopic (exact) mass is 328 g/mol. The van der Waals surface area contributed by atoms with E-state index in [0.29, 0.717) is 11.4 Å². The molecule has 6 nitrogen and oxygen atoms in total. The van der Waals surface area contributed by atoms with Crippen LogP contribution in [0.1, 0.15) is 11.1 Å². The van der Waals surface area contributed by atoms with Crippen LogP contribution in [0.5, 0.6) is 11.6 Å². The van der Waals surface area contributed by atoms with Gasteiger partial charge in [0.05, 0.1) is 0 Å². The van der Waals surface area contributed by atoms with Gasteiger partial charge in [0.25, 0.3) is 5.56 Å². The van der Waals surface area contributed by atoms with Crippen molar-refractivity contribution in [3.05, 3.63) is 75.7 Å². The Hall–Kier alpha value is -3.90. The summed E-state index contributed by atoms with van der Waals surface area (Å²) in [6, 6.07) is 15.9. The third-order valence-electron chi connectivity index (χ3n) is 3.50. The second kappa shape index (κ2) is 6.69. The molecule has 0 atom stereocenters. The van der Waals surface area contributed by atoms with E-state index in [9.17, 15) is 4.79 Å². The standard InChI is InChI=1S/C19H12N4O2/c1-13-5-7-15(8-6-13)25-18-16(10-14(11-20)12-21)19(24)23-9-3-2-4-17(23)22-18/h2-10H,1H3. The first kappa shape index (κ1) is 16.0. The maximum Gasteiger partial charge on any atom is 0.269 e. The zero-order chi connectivity index (χ0) is 17.8. The van der Waals surface area contributed by atoms with Crippen molar-refractivity contribution in [1.82, 2.24) is 9.38 Å². The minimum absolute atomic E-state index is 0.0439. The molecule has 3 aromatic rings. The van der Waals surface area contributed by atoms with Crippen LogP contribution in [0.25, 0.3) is 11.7 Å². The van der Waals surface area contributed by atoms with Gasteiger partial charge in [-0.2, -0.15) is 15.5 Å². The number of ether oxygens (including phenoxy) is 1. The van der Waals surface area contributed by atoms with E-state index in [0.717, 1.165) is 5.56 Å². The van der Waals surface area contributed by atoms with Crippen LogP contribution in [0.2, 0.25) is 0 Å². The first-order chi connectivity index (χ1) is 12.1. The smallest absolute Gasteiger partial charge is 0.269 e. The number of fused-ring (bicyclic) bond motifs is 1. The van der Waals surface area contributed by atoms with Gasteiger partial charge < -0.3 is 4.74 Å². The van der Waals surface area contributed by atoms with Gasteiger partial charge in [-0.25, -0.2) is 0 Å². The molecule has 0 saturated carbocycles. The topological polar surface area (TPSA) is 91.2 Å². The van der Waals surface area contributed by atoms with Crippen LogP contribution >= 0.6 is 0 Å². The first-order valence-electron chi connectivity index (χ1n) is 7.40. The molecule has 2 aromatic heterocycles. The van der Waals surface area contributed by atoms with Crippen LogP contribution in [0, 0.1) is 29.6 Å². The van der Waals surface area contributed by atoms with Crippen molar-refractivity contribution in [1.29, 1.82) is 10.5 Å². The number of nitriles is 2. The fourth-order valence-corrected chi connectivity index (χ4v) is 2.24. The van der Waals surface area contributed by atoms with Gasteiger partial charge in [0.2, 0.25) is 5.88 Å². The Morgan fingerprint density at radius 2 is 1.88 bits per heavy atom. The van der Waals surface area contributed by atoms with Crippen molar-refractivity contribution >= 4 is 11.7 Å². The van der Waals surface area contributed by atoms with Crippen molar-refractivity contribution in [2.45, 2.75) is 6.92 Å². The molecule has 0 radical (unpaired) electrons. The lowest BCUT2D eigenvalue weighted by Crippen LogP contribution is -2.18. The van der Waals surface area contributed by atoms with Crippen molar-refractivity contribution in [2.75, 3.05) is 0 Å². The predicted octanol–water partition coefficient (Wildman–Crippen LogP) is 3.23. The lowest BCUT2D eigenvalue weighted by molar-refractivity contribution is 0.461. The number of allylic oxidation sites excluding steroid dienone is 1. The lowest BCUT2D eigenvalue weighted by atomic mass is 10.2. The summed E-state index contributed by atoms with van der Waals surface area (Å²) >= 11 is 0. The van der Waals surface area contributed by atoms with Gasteiger partial charge in [-0.3, -0.25) is 9.20 Å². The third kappa shape index (κ3) is 3.24. The molecule has 0 aliphatic rings. The van der Waals surface area contributed by atoms with Crippen molar-refractivity contribution in [3.63, 3.8) is 0 Å². The molecule has 6 heteroatoms. The van der Waals surface area contributed by atoms with Crippen molar-refractivity contribution in [2.24, 2.45) is 0 Å². The Labute approximate surface area is 143 Å². The van der Waals surface area contributed by atoms with Crippen LogP contribution in [-0.4, -0.2) is 9.38 Å². The SMILES string of the molecule is Cc1ccc(Oc2nc3ccccn3c(=O)c2C=C(C#N)C#N)cc1. The highest BCUT2D eigenvalue weighted by molar-refractivity contribution is 5.66. The second-order valence-electron chi connectivity index (χ2n) is 5.26. The van der Waals surface area contributed by atoms with E-state index in [1.807, 2.05) is 19.1 Å². The average Bonchev–Trinajstić information content (AvgIpc) is 2.64. The molecule has 0 aliphatic carbocycles. The molecule has 0 aliphatic heterocycles. The van der Waals surface area contributed by atoms with E-state index < -0.39 is 5.56 Å². The molecular formula is C19H12N4O2. The number of aryl methyl sites for hydroxylation is 1. The molecule has 3 rings (SSSR count). The molecule has 0 unspecified atom stereocenters. The molecule has 1 aromatic carbocycles. The van der Waals surface area contributed by atoms with Gasteiger partial charge in [-0.15, -0.1) is 0 Å². The van der Waals surface area contributed by atoms with E-state index in [4.69, 9.17) is 15.3 Å². The fourth-order valence-electron chi connectivity index (χ4n) is 2.24. The van der Waals surface area contributed by atoms with E-state index in [2.05, 4.69) is 4.98 Å². The molecule has 120 valence electrons. The molecule has 0 amide bonds. The Bertz CT molecular complexity index is 1100. The number of benzene rings is 1. The lowest BCUT2D eigenvalue weighted by Gasteiger charge is -2.10. The van der Waals surface area contributed by atoms with Crippen LogP contribution in [-0.2, 0) is 0 Å². The predicted molar refractivity (Wildman–Crippen MR) is 91.9 cm³/mol. The maximum absolute atomic E-state index is 12.7. The molecule has 2 heterocycles. The molecule has 25 heavy (non-hydrogen) atoms. The number of aromatic nitrogens is 2. The Morgan fingerprint density at radius 1 is 1.16 bits per heavy atom. The number of nitrogens with zero attached hydrogens (tertiary/aromatic N) is 4. The summed E-state index contributed by atoms with van der Waals surface area (Å²) in [6.45, 7) is 1.95. The summed E-state index contributed by atoms with van der Waals surface area (Å²) < 4.78 is 7.09. The molecule has 0 fully saturated rings. The van der Waals surface area contributed by atoms with Crippen molar-refractivity contribution in [3.8, 4) is 23.8 Å². The third-order valence-corrected chi connectivity index (χ3v) is 3.50. The minimum Gasteiger partial charge on any atom is -0.438 e. The number of hydrogen-bond acceptors (Lipinski definition) is 5. The molecular weight excluding hydrogens is 316 g/mol. The zero-order valence-corrected chi connectivity index (χ0v) is 13.3. The Balaban J connectivity index is 2.23. The van der Waals surface area contributed by atoms with E-state index >= 15 is 0 Å². The van der Waals surface area contributed by atoms with Gasteiger partial charge >= 0.3 is 0 Å². The van der Waals surface area contributed by atoms with Gasteiger partial charge in [-0.05, 0) is 37.3 Å². The number of hydrogen-bond donors (Lipinski definition) is 0. The molecule has 0 spiro atoms. The quantitative estimate of drug-likeness (QED) is 0.688. The summed E-state index contributed by atoms with van der Waals surface area (Å²) in [7, 11) is 0. The highest BCUT2D eigenvalue weighted by Crippen LogP contribution is 2.24. The van der Waals surface area contributed by atoms with Crippen molar-refractivity contribution < 1.29 is 4.74 Å². The van der Waals surface area contributed by atoms with Crippen LogP contribution in [0.4, 0.5) is 0 Å². The first-order valence-corrected chi connectivity index (χ1v) is 7.40. The van der Waals surface area contributed by atoms with Crippen LogP contribution < -0.4 is 10.3 Å². The second-order valence-corrected chi connectivity index (χ2v) is 5.26.